The fourth-order valence-electron chi connectivity index (χ4n) is 2.00. The van der Waals surface area contributed by atoms with Crippen LogP contribution in [0.3, 0.4) is 0 Å². The Morgan fingerprint density at radius 3 is 2.53 bits per heavy atom. The first kappa shape index (κ1) is 15.6. The number of hydrogen-bond donors (Lipinski definition) is 2. The summed E-state index contributed by atoms with van der Waals surface area (Å²) < 4.78 is 0. The lowest BCUT2D eigenvalue weighted by molar-refractivity contribution is -0.121. The van der Waals surface area contributed by atoms with E-state index in [0.29, 0.717) is 0 Å². The summed E-state index contributed by atoms with van der Waals surface area (Å²) in [5, 5.41) is 2.99. The number of unbranched alkanes of at least 4 members (excludes halogenated alkanes) is 1. The van der Waals surface area contributed by atoms with Crippen LogP contribution in [0.5, 0.6) is 0 Å². The molecule has 1 rings (SSSR count). The van der Waals surface area contributed by atoms with Gasteiger partial charge in [-0.05, 0) is 18.9 Å². The zero-order valence-electron chi connectivity index (χ0n) is 11.6. The SMILES string of the molecule is CCCCC(C)NC(=O)C(C(N)=S)c1ccccc1. The molecule has 0 saturated carbocycles. The van der Waals surface area contributed by atoms with Gasteiger partial charge in [-0.15, -0.1) is 0 Å². The molecule has 0 saturated heterocycles. The van der Waals surface area contributed by atoms with Crippen molar-refractivity contribution >= 4 is 23.1 Å². The van der Waals surface area contributed by atoms with Gasteiger partial charge in [-0.1, -0.05) is 62.3 Å². The van der Waals surface area contributed by atoms with E-state index >= 15 is 0 Å². The number of rotatable bonds is 7. The summed E-state index contributed by atoms with van der Waals surface area (Å²) in [6.07, 6.45) is 3.20. The van der Waals surface area contributed by atoms with Crippen molar-refractivity contribution < 1.29 is 4.79 Å². The van der Waals surface area contributed by atoms with Crippen LogP contribution >= 0.6 is 12.2 Å². The summed E-state index contributed by atoms with van der Waals surface area (Å²) in [5.74, 6) is -0.650. The smallest absolute Gasteiger partial charge is 0.234 e. The lowest BCUT2D eigenvalue weighted by Crippen LogP contribution is -2.40. The Labute approximate surface area is 120 Å². The number of nitrogens with one attached hydrogen (secondary N) is 1. The molecule has 0 spiro atoms. The highest BCUT2D eigenvalue weighted by atomic mass is 32.1. The second-order valence-corrected chi connectivity index (χ2v) is 5.27. The molecule has 1 aromatic carbocycles. The molecule has 0 bridgehead atoms. The number of hydrogen-bond acceptors (Lipinski definition) is 2. The maximum Gasteiger partial charge on any atom is 0.234 e. The molecule has 0 radical (unpaired) electrons. The van der Waals surface area contributed by atoms with Gasteiger partial charge in [-0.3, -0.25) is 4.79 Å². The molecule has 0 aliphatic rings. The summed E-state index contributed by atoms with van der Waals surface area (Å²) >= 11 is 5.03. The van der Waals surface area contributed by atoms with Crippen LogP contribution in [0, 0.1) is 0 Å². The molecule has 2 unspecified atom stereocenters. The van der Waals surface area contributed by atoms with E-state index in [0.717, 1.165) is 24.8 Å². The van der Waals surface area contributed by atoms with Crippen LogP contribution in [-0.2, 0) is 4.79 Å². The summed E-state index contributed by atoms with van der Waals surface area (Å²) in [6.45, 7) is 4.14. The molecule has 0 heterocycles. The Morgan fingerprint density at radius 2 is 2.00 bits per heavy atom. The van der Waals surface area contributed by atoms with E-state index in [-0.39, 0.29) is 16.9 Å². The Kier molecular flexibility index (Phi) is 6.50. The normalized spacial score (nSPS) is 13.6. The number of thiocarbonyl (C=S) groups is 1. The van der Waals surface area contributed by atoms with E-state index in [2.05, 4.69) is 12.2 Å². The summed E-state index contributed by atoms with van der Waals surface area (Å²) in [7, 11) is 0. The van der Waals surface area contributed by atoms with Crippen molar-refractivity contribution in [2.24, 2.45) is 5.73 Å². The highest BCUT2D eigenvalue weighted by Gasteiger charge is 2.24. The monoisotopic (exact) mass is 278 g/mol. The summed E-state index contributed by atoms with van der Waals surface area (Å²) in [4.78, 5) is 12.5. The van der Waals surface area contributed by atoms with Crippen molar-refractivity contribution in [1.29, 1.82) is 0 Å². The summed E-state index contributed by atoms with van der Waals surface area (Å²) in [5.41, 5.74) is 6.56. The molecule has 4 heteroatoms. The molecule has 2 atom stereocenters. The molecule has 0 aliphatic carbocycles. The average Bonchev–Trinajstić information content (AvgIpc) is 2.37. The van der Waals surface area contributed by atoms with E-state index in [9.17, 15) is 4.79 Å². The van der Waals surface area contributed by atoms with E-state index in [1.807, 2.05) is 37.3 Å². The van der Waals surface area contributed by atoms with Crippen LogP contribution in [0.25, 0.3) is 0 Å². The van der Waals surface area contributed by atoms with Gasteiger partial charge in [-0.2, -0.15) is 0 Å². The number of carbonyl (C=O) groups is 1. The minimum absolute atomic E-state index is 0.109. The topological polar surface area (TPSA) is 55.1 Å². The van der Waals surface area contributed by atoms with Gasteiger partial charge in [0.15, 0.2) is 0 Å². The van der Waals surface area contributed by atoms with Gasteiger partial charge < -0.3 is 11.1 Å². The van der Waals surface area contributed by atoms with Crippen molar-refractivity contribution in [3.8, 4) is 0 Å². The van der Waals surface area contributed by atoms with Gasteiger partial charge in [0.1, 0.15) is 5.92 Å². The molecular weight excluding hydrogens is 256 g/mol. The van der Waals surface area contributed by atoms with Crippen molar-refractivity contribution in [1.82, 2.24) is 5.32 Å². The molecule has 0 aromatic heterocycles. The standard InChI is InChI=1S/C15H22N2OS/c1-3-4-8-11(2)17-15(18)13(14(16)19)12-9-6-5-7-10-12/h5-7,9-11,13H,3-4,8H2,1-2H3,(H2,16,19)(H,17,18). The van der Waals surface area contributed by atoms with Crippen LogP contribution in [0.4, 0.5) is 0 Å². The van der Waals surface area contributed by atoms with E-state index in [1.54, 1.807) is 0 Å². The maximum atomic E-state index is 12.3. The van der Waals surface area contributed by atoms with Gasteiger partial charge >= 0.3 is 0 Å². The first-order chi connectivity index (χ1) is 9.06. The van der Waals surface area contributed by atoms with Crippen LogP contribution < -0.4 is 11.1 Å². The number of carbonyl (C=O) groups excluding carboxylic acids is 1. The largest absolute Gasteiger partial charge is 0.392 e. The Morgan fingerprint density at radius 1 is 1.37 bits per heavy atom. The highest BCUT2D eigenvalue weighted by molar-refractivity contribution is 7.80. The molecule has 19 heavy (non-hydrogen) atoms. The quantitative estimate of drug-likeness (QED) is 0.754. The molecule has 3 nitrogen and oxygen atoms in total. The minimum atomic E-state index is -0.541. The van der Waals surface area contributed by atoms with Crippen molar-refractivity contribution in [3.05, 3.63) is 35.9 Å². The van der Waals surface area contributed by atoms with E-state index in [4.69, 9.17) is 18.0 Å². The first-order valence-corrected chi connectivity index (χ1v) is 7.11. The Hall–Kier alpha value is -1.42. The highest BCUT2D eigenvalue weighted by Crippen LogP contribution is 2.16. The second-order valence-electron chi connectivity index (χ2n) is 4.80. The zero-order valence-corrected chi connectivity index (χ0v) is 12.4. The van der Waals surface area contributed by atoms with Crippen LogP contribution in [0.2, 0.25) is 0 Å². The van der Waals surface area contributed by atoms with Gasteiger partial charge in [0.25, 0.3) is 0 Å². The average molecular weight is 278 g/mol. The third-order valence-corrected chi connectivity index (χ3v) is 3.29. The molecule has 1 aromatic rings. The minimum Gasteiger partial charge on any atom is -0.392 e. The number of benzene rings is 1. The number of amides is 1. The predicted molar refractivity (Wildman–Crippen MR) is 83.1 cm³/mol. The molecular formula is C15H22N2OS. The van der Waals surface area contributed by atoms with Crippen LogP contribution in [0.1, 0.15) is 44.6 Å². The van der Waals surface area contributed by atoms with Gasteiger partial charge in [-0.25, -0.2) is 0 Å². The van der Waals surface area contributed by atoms with E-state index < -0.39 is 5.92 Å². The van der Waals surface area contributed by atoms with Crippen molar-refractivity contribution in [3.63, 3.8) is 0 Å². The van der Waals surface area contributed by atoms with Crippen LogP contribution in [0.15, 0.2) is 30.3 Å². The third-order valence-electron chi connectivity index (χ3n) is 3.06. The maximum absolute atomic E-state index is 12.3. The second kappa shape index (κ2) is 7.89. The predicted octanol–water partition coefficient (Wildman–Crippen LogP) is 2.75. The Balaban J connectivity index is 2.72. The third kappa shape index (κ3) is 4.99. The van der Waals surface area contributed by atoms with Crippen LogP contribution in [-0.4, -0.2) is 16.9 Å². The lowest BCUT2D eigenvalue weighted by atomic mass is 9.97. The van der Waals surface area contributed by atoms with Gasteiger partial charge in [0.2, 0.25) is 5.91 Å². The zero-order chi connectivity index (χ0) is 14.3. The van der Waals surface area contributed by atoms with Crippen molar-refractivity contribution in [2.75, 3.05) is 0 Å². The molecule has 3 N–H and O–H groups in total. The molecule has 0 aliphatic heterocycles. The van der Waals surface area contributed by atoms with E-state index in [1.165, 1.54) is 0 Å². The van der Waals surface area contributed by atoms with Gasteiger partial charge in [0, 0.05) is 6.04 Å². The first-order valence-electron chi connectivity index (χ1n) is 6.71. The lowest BCUT2D eigenvalue weighted by Gasteiger charge is -2.19. The summed E-state index contributed by atoms with van der Waals surface area (Å²) in [6, 6.07) is 9.57. The fraction of sp³-hybridized carbons (Fsp3) is 0.467. The van der Waals surface area contributed by atoms with Gasteiger partial charge in [0.05, 0.1) is 4.99 Å². The van der Waals surface area contributed by atoms with Crippen molar-refractivity contribution in [2.45, 2.75) is 45.1 Å². The molecule has 0 fully saturated rings. The Bertz CT molecular complexity index is 419. The fourth-order valence-corrected chi connectivity index (χ4v) is 2.24. The molecule has 104 valence electrons. The number of nitrogens with two attached hydrogens (primary N) is 1. The molecule has 1 amide bonds.